The number of aromatic nitrogens is 1. The molecule has 0 saturated carbocycles. The lowest BCUT2D eigenvalue weighted by Crippen LogP contribution is -2.47. The Morgan fingerprint density at radius 3 is 2.27 bits per heavy atom. The quantitative estimate of drug-likeness (QED) is 0.757. The number of hydrogen-bond acceptors (Lipinski definition) is 1. The summed E-state index contributed by atoms with van der Waals surface area (Å²) < 4.78 is 2.23. The maximum Gasteiger partial charge on any atom is 0.184 e. The highest BCUT2D eigenvalue weighted by molar-refractivity contribution is 5.16. The van der Waals surface area contributed by atoms with Crippen molar-refractivity contribution in [1.29, 1.82) is 0 Å². The summed E-state index contributed by atoms with van der Waals surface area (Å²) in [4.78, 5) is 0. The lowest BCUT2D eigenvalue weighted by atomic mass is 10.0. The van der Waals surface area contributed by atoms with Crippen LogP contribution in [0.3, 0.4) is 0 Å². The molecule has 0 aromatic carbocycles. The molecule has 0 fully saturated rings. The van der Waals surface area contributed by atoms with E-state index in [2.05, 4.69) is 44.4 Å². The van der Waals surface area contributed by atoms with Crippen molar-refractivity contribution < 1.29 is 9.67 Å². The van der Waals surface area contributed by atoms with Gasteiger partial charge in [-0.3, -0.25) is 0 Å². The predicted molar refractivity (Wildman–Crippen MR) is 62.0 cm³/mol. The Bertz CT molecular complexity index is 345. The van der Waals surface area contributed by atoms with Crippen LogP contribution in [0.25, 0.3) is 0 Å². The van der Waals surface area contributed by atoms with Crippen molar-refractivity contribution in [1.82, 2.24) is 0 Å². The Morgan fingerprint density at radius 1 is 1.20 bits per heavy atom. The fourth-order valence-electron chi connectivity index (χ4n) is 2.08. The predicted octanol–water partition coefficient (Wildman–Crippen LogP) is 2.27. The first-order chi connectivity index (χ1) is 6.97. The second-order valence-corrected chi connectivity index (χ2v) is 4.66. The zero-order valence-corrected chi connectivity index (χ0v) is 10.4. The molecule has 2 heteroatoms. The molecule has 1 N–H and O–H groups in total. The van der Waals surface area contributed by atoms with Crippen LogP contribution in [0, 0.1) is 13.8 Å². The largest absolute Gasteiger partial charge is 0.389 e. The Kier molecular flexibility index (Phi) is 3.86. The fourth-order valence-corrected chi connectivity index (χ4v) is 2.08. The van der Waals surface area contributed by atoms with Gasteiger partial charge >= 0.3 is 0 Å². The van der Waals surface area contributed by atoms with Gasteiger partial charge in [0.05, 0.1) is 0 Å². The molecule has 15 heavy (non-hydrogen) atoms. The molecule has 1 aromatic heterocycles. The minimum atomic E-state index is 0.156. The third-order valence-electron chi connectivity index (χ3n) is 2.77. The van der Waals surface area contributed by atoms with Crippen LogP contribution in [0.15, 0.2) is 12.1 Å². The van der Waals surface area contributed by atoms with E-state index in [0.717, 1.165) is 0 Å². The van der Waals surface area contributed by atoms with Crippen molar-refractivity contribution in [3.8, 4) is 0 Å². The van der Waals surface area contributed by atoms with Crippen LogP contribution in [0.2, 0.25) is 0 Å². The van der Waals surface area contributed by atoms with Gasteiger partial charge in [0.25, 0.3) is 0 Å². The lowest BCUT2D eigenvalue weighted by Gasteiger charge is -2.14. The van der Waals surface area contributed by atoms with Crippen LogP contribution in [0.4, 0.5) is 0 Å². The number of pyridine rings is 1. The van der Waals surface area contributed by atoms with Gasteiger partial charge in [-0.15, -0.1) is 0 Å². The van der Waals surface area contributed by atoms with E-state index >= 15 is 0 Å². The summed E-state index contributed by atoms with van der Waals surface area (Å²) in [5, 5.41) is 9.27. The second kappa shape index (κ2) is 4.75. The SMILES string of the molecule is Cc1cc(C)[n+]([C@@H](C)CO)c(C(C)C)c1. The molecule has 1 atom stereocenters. The summed E-state index contributed by atoms with van der Waals surface area (Å²) >= 11 is 0. The molecule has 2 nitrogen and oxygen atoms in total. The molecule has 0 aliphatic carbocycles. The number of aliphatic hydroxyl groups excluding tert-OH is 1. The summed E-state index contributed by atoms with van der Waals surface area (Å²) in [6.07, 6.45) is 0. The van der Waals surface area contributed by atoms with Crippen LogP contribution in [-0.4, -0.2) is 11.7 Å². The van der Waals surface area contributed by atoms with E-state index in [-0.39, 0.29) is 12.6 Å². The molecule has 0 radical (unpaired) electrons. The van der Waals surface area contributed by atoms with Gasteiger partial charge in [-0.25, -0.2) is 0 Å². The van der Waals surface area contributed by atoms with Gasteiger partial charge in [0.1, 0.15) is 6.61 Å². The van der Waals surface area contributed by atoms with Gasteiger partial charge in [0.2, 0.25) is 0 Å². The first-order valence-electron chi connectivity index (χ1n) is 5.61. The summed E-state index contributed by atoms with van der Waals surface area (Å²) in [6.45, 7) is 10.8. The number of rotatable bonds is 3. The Balaban J connectivity index is 3.33. The Morgan fingerprint density at radius 2 is 1.80 bits per heavy atom. The van der Waals surface area contributed by atoms with Crippen LogP contribution in [0.1, 0.15) is 49.7 Å². The van der Waals surface area contributed by atoms with E-state index in [1.165, 1.54) is 17.0 Å². The Hall–Kier alpha value is -0.890. The number of aliphatic hydroxyl groups is 1. The molecule has 0 bridgehead atoms. The monoisotopic (exact) mass is 208 g/mol. The third kappa shape index (κ3) is 2.57. The summed E-state index contributed by atoms with van der Waals surface area (Å²) in [7, 11) is 0. The third-order valence-corrected chi connectivity index (χ3v) is 2.77. The summed E-state index contributed by atoms with van der Waals surface area (Å²) in [5.74, 6) is 0.484. The maximum absolute atomic E-state index is 9.27. The highest BCUT2D eigenvalue weighted by atomic mass is 16.3. The smallest absolute Gasteiger partial charge is 0.184 e. The fraction of sp³-hybridized carbons (Fsp3) is 0.615. The van der Waals surface area contributed by atoms with E-state index in [9.17, 15) is 5.11 Å². The van der Waals surface area contributed by atoms with E-state index in [1.54, 1.807) is 0 Å². The zero-order valence-electron chi connectivity index (χ0n) is 10.4. The molecular formula is C13H22NO+. The molecule has 0 aliphatic heterocycles. The van der Waals surface area contributed by atoms with Crippen molar-refractivity contribution in [3.05, 3.63) is 29.1 Å². The molecule has 0 unspecified atom stereocenters. The second-order valence-electron chi connectivity index (χ2n) is 4.66. The Labute approximate surface area is 92.6 Å². The van der Waals surface area contributed by atoms with Crippen molar-refractivity contribution >= 4 is 0 Å². The van der Waals surface area contributed by atoms with E-state index in [0.29, 0.717) is 5.92 Å². The van der Waals surface area contributed by atoms with Crippen molar-refractivity contribution in [2.24, 2.45) is 0 Å². The van der Waals surface area contributed by atoms with Gasteiger partial charge in [0, 0.05) is 31.9 Å². The molecule has 0 amide bonds. The summed E-state index contributed by atoms with van der Waals surface area (Å²) in [5.41, 5.74) is 3.81. The molecule has 84 valence electrons. The minimum Gasteiger partial charge on any atom is -0.389 e. The molecule has 1 aromatic rings. The van der Waals surface area contributed by atoms with Gasteiger partial charge in [0.15, 0.2) is 17.4 Å². The van der Waals surface area contributed by atoms with Crippen LogP contribution < -0.4 is 4.57 Å². The van der Waals surface area contributed by atoms with Crippen LogP contribution >= 0.6 is 0 Å². The first-order valence-corrected chi connectivity index (χ1v) is 5.61. The lowest BCUT2D eigenvalue weighted by molar-refractivity contribution is -0.734. The van der Waals surface area contributed by atoms with Crippen LogP contribution in [-0.2, 0) is 0 Å². The zero-order chi connectivity index (χ0) is 11.6. The van der Waals surface area contributed by atoms with Gasteiger partial charge in [-0.1, -0.05) is 13.8 Å². The van der Waals surface area contributed by atoms with Gasteiger partial charge in [-0.05, 0) is 12.5 Å². The van der Waals surface area contributed by atoms with Gasteiger partial charge in [-0.2, -0.15) is 4.57 Å². The highest BCUT2D eigenvalue weighted by Crippen LogP contribution is 2.15. The summed E-state index contributed by atoms with van der Waals surface area (Å²) in [6, 6.07) is 4.53. The number of hydrogen-bond donors (Lipinski definition) is 1. The maximum atomic E-state index is 9.27. The minimum absolute atomic E-state index is 0.156. The van der Waals surface area contributed by atoms with Crippen LogP contribution in [0.5, 0.6) is 0 Å². The topological polar surface area (TPSA) is 24.1 Å². The van der Waals surface area contributed by atoms with E-state index in [4.69, 9.17) is 0 Å². The molecule has 0 spiro atoms. The number of nitrogens with zero attached hydrogens (tertiary/aromatic N) is 1. The molecule has 1 rings (SSSR count). The van der Waals surface area contributed by atoms with E-state index < -0.39 is 0 Å². The highest BCUT2D eigenvalue weighted by Gasteiger charge is 2.22. The van der Waals surface area contributed by atoms with Gasteiger partial charge < -0.3 is 5.11 Å². The van der Waals surface area contributed by atoms with E-state index in [1.807, 2.05) is 6.92 Å². The first kappa shape index (κ1) is 12.2. The number of aryl methyl sites for hydroxylation is 2. The average Bonchev–Trinajstić information content (AvgIpc) is 2.15. The standard InChI is InChI=1S/C13H22NO/c1-9(2)13-7-10(3)6-11(4)14(13)12(5)8-15/h6-7,9,12,15H,8H2,1-5H3/q+1/t12-/m0/s1. The molecule has 1 heterocycles. The normalized spacial score (nSPS) is 13.3. The van der Waals surface area contributed by atoms with Crippen molar-refractivity contribution in [3.63, 3.8) is 0 Å². The molecule has 0 saturated heterocycles. The van der Waals surface area contributed by atoms with Crippen molar-refractivity contribution in [2.45, 2.75) is 46.6 Å². The molecule has 0 aliphatic rings. The average molecular weight is 208 g/mol. The van der Waals surface area contributed by atoms with Crippen molar-refractivity contribution in [2.75, 3.05) is 6.61 Å². The molecular weight excluding hydrogens is 186 g/mol.